The van der Waals surface area contributed by atoms with Gasteiger partial charge in [0.2, 0.25) is 0 Å². The van der Waals surface area contributed by atoms with E-state index in [-0.39, 0.29) is 12.2 Å². The first-order chi connectivity index (χ1) is 8.06. The van der Waals surface area contributed by atoms with Gasteiger partial charge in [0.1, 0.15) is 17.3 Å². The van der Waals surface area contributed by atoms with Crippen molar-refractivity contribution in [2.75, 3.05) is 19.0 Å². The molecular formula is C12H13F2NO2. The van der Waals surface area contributed by atoms with E-state index in [1.807, 2.05) is 0 Å². The summed E-state index contributed by atoms with van der Waals surface area (Å²) in [4.78, 5) is 11.0. The van der Waals surface area contributed by atoms with Gasteiger partial charge in [-0.25, -0.2) is 13.6 Å². The van der Waals surface area contributed by atoms with Crippen LogP contribution in [0.4, 0.5) is 14.5 Å². The SMILES string of the molecule is COC(=O)/C(C)=C/CNc1c(F)cccc1F. The molecule has 1 aromatic rings. The third-order valence-electron chi connectivity index (χ3n) is 2.16. The van der Waals surface area contributed by atoms with Crippen molar-refractivity contribution in [3.63, 3.8) is 0 Å². The molecular weight excluding hydrogens is 228 g/mol. The Balaban J connectivity index is 2.66. The summed E-state index contributed by atoms with van der Waals surface area (Å²) >= 11 is 0. The van der Waals surface area contributed by atoms with E-state index in [1.54, 1.807) is 6.92 Å². The summed E-state index contributed by atoms with van der Waals surface area (Å²) < 4.78 is 30.8. The van der Waals surface area contributed by atoms with Crippen molar-refractivity contribution >= 4 is 11.7 Å². The number of para-hydroxylation sites is 1. The fraction of sp³-hybridized carbons (Fsp3) is 0.250. The molecule has 17 heavy (non-hydrogen) atoms. The van der Waals surface area contributed by atoms with Crippen LogP contribution in [0.15, 0.2) is 29.8 Å². The van der Waals surface area contributed by atoms with E-state index in [0.717, 1.165) is 12.1 Å². The summed E-state index contributed by atoms with van der Waals surface area (Å²) in [6.45, 7) is 1.70. The molecule has 0 aromatic heterocycles. The highest BCUT2D eigenvalue weighted by Crippen LogP contribution is 2.17. The summed E-state index contributed by atoms with van der Waals surface area (Å²) in [5.41, 5.74) is 0.165. The molecule has 0 saturated carbocycles. The number of esters is 1. The minimum absolute atomic E-state index is 0.138. The first-order valence-electron chi connectivity index (χ1n) is 4.99. The van der Waals surface area contributed by atoms with Crippen molar-refractivity contribution in [1.82, 2.24) is 0 Å². The minimum atomic E-state index is -0.672. The zero-order valence-corrected chi connectivity index (χ0v) is 9.59. The van der Waals surface area contributed by atoms with Gasteiger partial charge in [0, 0.05) is 12.1 Å². The number of methoxy groups -OCH3 is 1. The molecule has 1 rings (SSSR count). The molecule has 92 valence electrons. The maximum absolute atomic E-state index is 13.2. The van der Waals surface area contributed by atoms with E-state index in [1.165, 1.54) is 19.3 Å². The highest BCUT2D eigenvalue weighted by atomic mass is 19.1. The van der Waals surface area contributed by atoms with Gasteiger partial charge in [-0.1, -0.05) is 12.1 Å². The van der Waals surface area contributed by atoms with Gasteiger partial charge in [-0.2, -0.15) is 0 Å². The number of carbonyl (C=O) groups excluding carboxylic acids is 1. The molecule has 1 N–H and O–H groups in total. The normalized spacial score (nSPS) is 11.2. The largest absolute Gasteiger partial charge is 0.466 e. The van der Waals surface area contributed by atoms with E-state index in [4.69, 9.17) is 0 Å². The van der Waals surface area contributed by atoms with Crippen LogP contribution in [0.2, 0.25) is 0 Å². The highest BCUT2D eigenvalue weighted by Gasteiger charge is 2.07. The Hall–Kier alpha value is -1.91. The van der Waals surface area contributed by atoms with E-state index < -0.39 is 17.6 Å². The molecule has 0 aliphatic heterocycles. The lowest BCUT2D eigenvalue weighted by atomic mass is 10.2. The third kappa shape index (κ3) is 3.55. The predicted octanol–water partition coefficient (Wildman–Crippen LogP) is 2.50. The number of carbonyl (C=O) groups is 1. The van der Waals surface area contributed by atoms with E-state index in [9.17, 15) is 13.6 Å². The molecule has 0 spiro atoms. The topological polar surface area (TPSA) is 38.3 Å². The van der Waals surface area contributed by atoms with Gasteiger partial charge in [-0.15, -0.1) is 0 Å². The summed E-state index contributed by atoms with van der Waals surface area (Å²) in [6, 6.07) is 3.59. The molecule has 0 atom stereocenters. The summed E-state index contributed by atoms with van der Waals surface area (Å²) in [6.07, 6.45) is 1.50. The molecule has 0 amide bonds. The Morgan fingerprint density at radius 3 is 2.53 bits per heavy atom. The van der Waals surface area contributed by atoms with Crippen LogP contribution in [0.1, 0.15) is 6.92 Å². The quantitative estimate of drug-likeness (QED) is 0.650. The van der Waals surface area contributed by atoms with Gasteiger partial charge in [0.05, 0.1) is 7.11 Å². The maximum atomic E-state index is 13.2. The van der Waals surface area contributed by atoms with Gasteiger partial charge in [-0.05, 0) is 19.1 Å². The first kappa shape index (κ1) is 13.2. The van der Waals surface area contributed by atoms with E-state index in [2.05, 4.69) is 10.1 Å². The molecule has 0 aliphatic rings. The number of rotatable bonds is 4. The zero-order chi connectivity index (χ0) is 12.8. The summed E-state index contributed by atoms with van der Waals surface area (Å²) in [5.74, 6) is -1.82. The molecule has 0 aliphatic carbocycles. The summed E-state index contributed by atoms with van der Waals surface area (Å²) in [7, 11) is 1.27. The highest BCUT2D eigenvalue weighted by molar-refractivity contribution is 5.87. The van der Waals surface area contributed by atoms with E-state index >= 15 is 0 Å². The minimum Gasteiger partial charge on any atom is -0.466 e. The molecule has 0 fully saturated rings. The third-order valence-corrected chi connectivity index (χ3v) is 2.16. The van der Waals surface area contributed by atoms with Crippen molar-refractivity contribution in [2.45, 2.75) is 6.92 Å². The van der Waals surface area contributed by atoms with Crippen molar-refractivity contribution in [1.29, 1.82) is 0 Å². The maximum Gasteiger partial charge on any atom is 0.333 e. The molecule has 0 saturated heterocycles. The van der Waals surface area contributed by atoms with Crippen LogP contribution in [0, 0.1) is 11.6 Å². The van der Waals surface area contributed by atoms with Gasteiger partial charge in [-0.3, -0.25) is 0 Å². The first-order valence-corrected chi connectivity index (χ1v) is 4.99. The second-order valence-corrected chi connectivity index (χ2v) is 3.36. The van der Waals surface area contributed by atoms with Crippen LogP contribution in [0.5, 0.6) is 0 Å². The second kappa shape index (κ2) is 5.98. The Bertz CT molecular complexity index is 424. The summed E-state index contributed by atoms with van der Waals surface area (Å²) in [5, 5.41) is 2.56. The van der Waals surface area contributed by atoms with Crippen LogP contribution >= 0.6 is 0 Å². The van der Waals surface area contributed by atoms with Crippen molar-refractivity contribution in [3.05, 3.63) is 41.5 Å². The van der Waals surface area contributed by atoms with Crippen LogP contribution in [0.25, 0.3) is 0 Å². The molecule has 0 unspecified atom stereocenters. The molecule has 3 nitrogen and oxygen atoms in total. The van der Waals surface area contributed by atoms with Crippen molar-refractivity contribution < 1.29 is 18.3 Å². The van der Waals surface area contributed by atoms with Crippen LogP contribution in [-0.4, -0.2) is 19.6 Å². The monoisotopic (exact) mass is 241 g/mol. The predicted molar refractivity (Wildman–Crippen MR) is 60.6 cm³/mol. The number of hydrogen-bond acceptors (Lipinski definition) is 3. The van der Waals surface area contributed by atoms with Crippen LogP contribution in [-0.2, 0) is 9.53 Å². The number of ether oxygens (including phenoxy) is 1. The standard InChI is InChI=1S/C12H13F2NO2/c1-8(12(16)17-2)6-7-15-11-9(13)4-3-5-10(11)14/h3-6,15H,7H2,1-2H3/b8-6+. The Morgan fingerprint density at radius 1 is 1.41 bits per heavy atom. The van der Waals surface area contributed by atoms with Gasteiger partial charge in [0.25, 0.3) is 0 Å². The lowest BCUT2D eigenvalue weighted by Gasteiger charge is -2.06. The molecule has 0 heterocycles. The molecule has 1 aromatic carbocycles. The number of anilines is 1. The fourth-order valence-electron chi connectivity index (χ4n) is 1.22. The van der Waals surface area contributed by atoms with Gasteiger partial charge >= 0.3 is 5.97 Å². The Morgan fingerprint density at radius 2 is 2.00 bits per heavy atom. The Kier molecular flexibility index (Phi) is 4.63. The lowest BCUT2D eigenvalue weighted by Crippen LogP contribution is -2.07. The zero-order valence-electron chi connectivity index (χ0n) is 9.59. The lowest BCUT2D eigenvalue weighted by molar-refractivity contribution is -0.136. The van der Waals surface area contributed by atoms with Crippen LogP contribution in [0.3, 0.4) is 0 Å². The van der Waals surface area contributed by atoms with Crippen molar-refractivity contribution in [2.24, 2.45) is 0 Å². The number of benzene rings is 1. The van der Waals surface area contributed by atoms with Gasteiger partial charge < -0.3 is 10.1 Å². The fourth-order valence-corrected chi connectivity index (χ4v) is 1.22. The smallest absolute Gasteiger partial charge is 0.333 e. The van der Waals surface area contributed by atoms with E-state index in [0.29, 0.717) is 5.57 Å². The average Bonchev–Trinajstić information content (AvgIpc) is 2.31. The molecule has 5 heteroatoms. The van der Waals surface area contributed by atoms with Crippen LogP contribution < -0.4 is 5.32 Å². The van der Waals surface area contributed by atoms with Gasteiger partial charge in [0.15, 0.2) is 0 Å². The molecule has 0 bridgehead atoms. The number of hydrogen-bond donors (Lipinski definition) is 1. The number of nitrogens with one attached hydrogen (secondary N) is 1. The number of halogens is 2. The average molecular weight is 241 g/mol. The van der Waals surface area contributed by atoms with Crippen molar-refractivity contribution in [3.8, 4) is 0 Å². The second-order valence-electron chi connectivity index (χ2n) is 3.36. The Labute approximate surface area is 98.1 Å². The molecule has 0 radical (unpaired) electrons.